The molecule has 0 aliphatic rings. The average Bonchev–Trinajstić information content (AvgIpc) is 2.40. The maximum Gasteiger partial charge on any atom is 0.387 e. The Morgan fingerprint density at radius 2 is 1.80 bits per heavy atom. The fourth-order valence-electron chi connectivity index (χ4n) is 1.83. The lowest BCUT2D eigenvalue weighted by atomic mass is 10.0. The molecule has 0 saturated heterocycles. The molecule has 2 rings (SSSR count). The van der Waals surface area contributed by atoms with Gasteiger partial charge in [-0.1, -0.05) is 35.9 Å². The van der Waals surface area contributed by atoms with Gasteiger partial charge in [0.25, 0.3) is 0 Å². The molecule has 2 aromatic rings. The van der Waals surface area contributed by atoms with Crippen molar-refractivity contribution in [1.29, 1.82) is 0 Å². The number of ether oxygens (including phenoxy) is 1. The van der Waals surface area contributed by atoms with Crippen molar-refractivity contribution in [3.05, 3.63) is 64.2 Å². The van der Waals surface area contributed by atoms with E-state index in [-0.39, 0.29) is 5.75 Å². The van der Waals surface area contributed by atoms with Gasteiger partial charge in [-0.05, 0) is 41.8 Å². The van der Waals surface area contributed by atoms with Gasteiger partial charge in [-0.3, -0.25) is 0 Å². The molecule has 0 aliphatic carbocycles. The Bertz CT molecular complexity index is 602. The molecule has 0 spiro atoms. The van der Waals surface area contributed by atoms with Crippen molar-refractivity contribution in [2.45, 2.75) is 19.6 Å². The summed E-state index contributed by atoms with van der Waals surface area (Å²) in [6, 6.07) is 11.2. The zero-order valence-corrected chi connectivity index (χ0v) is 11.4. The molecule has 5 heteroatoms. The zero-order valence-electron chi connectivity index (χ0n) is 10.7. The minimum absolute atomic E-state index is 0.00904. The minimum Gasteiger partial charge on any atom is -0.435 e. The number of aliphatic hydroxyl groups is 1. The summed E-state index contributed by atoms with van der Waals surface area (Å²) in [5.41, 5.74) is 1.95. The summed E-state index contributed by atoms with van der Waals surface area (Å²) in [6.45, 7) is -1.04. The molecule has 0 aromatic heterocycles. The molecule has 0 radical (unpaired) electrons. The van der Waals surface area contributed by atoms with E-state index in [0.717, 1.165) is 5.56 Å². The standard InChI is InChI=1S/C15H13ClF2O2/c1-9-5-6-11(8-13(9)16)14(19)10-3-2-4-12(7-10)20-15(17)18/h2-8,14-15,19H,1H3. The van der Waals surface area contributed by atoms with Crippen molar-refractivity contribution < 1.29 is 18.6 Å². The van der Waals surface area contributed by atoms with Crippen molar-refractivity contribution >= 4 is 11.6 Å². The summed E-state index contributed by atoms with van der Waals surface area (Å²) < 4.78 is 28.7. The molecule has 2 nitrogen and oxygen atoms in total. The van der Waals surface area contributed by atoms with E-state index < -0.39 is 12.7 Å². The highest BCUT2D eigenvalue weighted by molar-refractivity contribution is 6.31. The normalized spacial score (nSPS) is 12.5. The molecular formula is C15H13ClF2O2. The fraction of sp³-hybridized carbons (Fsp3) is 0.200. The van der Waals surface area contributed by atoms with E-state index in [9.17, 15) is 13.9 Å². The Morgan fingerprint density at radius 3 is 2.45 bits per heavy atom. The first kappa shape index (κ1) is 14.8. The average molecular weight is 299 g/mol. The molecule has 0 fully saturated rings. The van der Waals surface area contributed by atoms with Crippen LogP contribution in [0.25, 0.3) is 0 Å². The molecule has 0 bridgehead atoms. The lowest BCUT2D eigenvalue weighted by Gasteiger charge is -2.14. The summed E-state index contributed by atoms with van der Waals surface area (Å²) in [6.07, 6.45) is -0.950. The van der Waals surface area contributed by atoms with Gasteiger partial charge in [0.1, 0.15) is 11.9 Å². The van der Waals surface area contributed by atoms with E-state index in [2.05, 4.69) is 4.74 Å². The number of halogens is 3. The van der Waals surface area contributed by atoms with Crippen LogP contribution < -0.4 is 4.74 Å². The third kappa shape index (κ3) is 3.46. The zero-order chi connectivity index (χ0) is 14.7. The van der Waals surface area contributed by atoms with Crippen LogP contribution in [0, 0.1) is 6.92 Å². The van der Waals surface area contributed by atoms with Crippen LogP contribution in [0.15, 0.2) is 42.5 Å². The maximum absolute atomic E-state index is 12.2. The smallest absolute Gasteiger partial charge is 0.387 e. The molecule has 0 aliphatic heterocycles. The van der Waals surface area contributed by atoms with Gasteiger partial charge in [-0.25, -0.2) is 0 Å². The second kappa shape index (κ2) is 6.20. The number of aryl methyl sites for hydroxylation is 1. The number of rotatable bonds is 4. The van der Waals surface area contributed by atoms with Gasteiger partial charge in [-0.15, -0.1) is 0 Å². The summed E-state index contributed by atoms with van der Waals surface area (Å²) in [5.74, 6) is 0.00904. The Morgan fingerprint density at radius 1 is 1.10 bits per heavy atom. The summed E-state index contributed by atoms with van der Waals surface area (Å²) in [7, 11) is 0. The van der Waals surface area contributed by atoms with Crippen LogP contribution in [0.2, 0.25) is 5.02 Å². The Hall–Kier alpha value is -1.65. The number of aliphatic hydroxyl groups excluding tert-OH is 1. The van der Waals surface area contributed by atoms with Gasteiger partial charge in [-0.2, -0.15) is 8.78 Å². The van der Waals surface area contributed by atoms with Crippen molar-refractivity contribution in [3.8, 4) is 5.75 Å². The highest BCUT2D eigenvalue weighted by Gasteiger charge is 2.13. The highest BCUT2D eigenvalue weighted by Crippen LogP contribution is 2.28. The largest absolute Gasteiger partial charge is 0.435 e. The van der Waals surface area contributed by atoms with Crippen LogP contribution in [0.1, 0.15) is 22.8 Å². The van der Waals surface area contributed by atoms with Crippen LogP contribution in [-0.4, -0.2) is 11.7 Å². The Balaban J connectivity index is 2.28. The van der Waals surface area contributed by atoms with Gasteiger partial charge < -0.3 is 9.84 Å². The summed E-state index contributed by atoms with van der Waals surface area (Å²) in [4.78, 5) is 0. The van der Waals surface area contributed by atoms with Crippen LogP contribution in [-0.2, 0) is 0 Å². The number of benzene rings is 2. The molecular weight excluding hydrogens is 286 g/mol. The predicted octanol–water partition coefficient (Wildman–Crippen LogP) is 4.33. The Kier molecular flexibility index (Phi) is 4.57. The first-order valence-corrected chi connectivity index (χ1v) is 6.34. The molecule has 0 amide bonds. The van der Waals surface area contributed by atoms with E-state index in [1.807, 2.05) is 6.92 Å². The van der Waals surface area contributed by atoms with Crippen molar-refractivity contribution in [1.82, 2.24) is 0 Å². The van der Waals surface area contributed by atoms with E-state index in [1.54, 1.807) is 30.3 Å². The lowest BCUT2D eigenvalue weighted by Crippen LogP contribution is -2.04. The molecule has 2 aromatic carbocycles. The summed E-state index contributed by atoms with van der Waals surface area (Å²) in [5, 5.41) is 10.8. The Labute approximate surface area is 120 Å². The second-order valence-electron chi connectivity index (χ2n) is 4.36. The monoisotopic (exact) mass is 298 g/mol. The quantitative estimate of drug-likeness (QED) is 0.910. The molecule has 106 valence electrons. The highest BCUT2D eigenvalue weighted by atomic mass is 35.5. The molecule has 1 atom stereocenters. The van der Waals surface area contributed by atoms with Gasteiger partial charge >= 0.3 is 6.61 Å². The van der Waals surface area contributed by atoms with E-state index >= 15 is 0 Å². The van der Waals surface area contributed by atoms with Gasteiger partial charge in [0, 0.05) is 5.02 Å². The van der Waals surface area contributed by atoms with Crippen molar-refractivity contribution in [3.63, 3.8) is 0 Å². The van der Waals surface area contributed by atoms with Crippen LogP contribution in [0.3, 0.4) is 0 Å². The SMILES string of the molecule is Cc1ccc(C(O)c2cccc(OC(F)F)c2)cc1Cl. The third-order valence-electron chi connectivity index (χ3n) is 2.91. The number of hydrogen-bond donors (Lipinski definition) is 1. The van der Waals surface area contributed by atoms with Gasteiger partial charge in [0.2, 0.25) is 0 Å². The summed E-state index contributed by atoms with van der Waals surface area (Å²) >= 11 is 6.01. The molecule has 0 saturated carbocycles. The number of hydrogen-bond acceptors (Lipinski definition) is 2. The van der Waals surface area contributed by atoms with E-state index in [0.29, 0.717) is 16.1 Å². The topological polar surface area (TPSA) is 29.5 Å². The fourth-order valence-corrected chi connectivity index (χ4v) is 2.02. The number of alkyl halides is 2. The molecule has 1 N–H and O–H groups in total. The first-order chi connectivity index (χ1) is 9.47. The molecule has 0 heterocycles. The van der Waals surface area contributed by atoms with Crippen molar-refractivity contribution in [2.24, 2.45) is 0 Å². The van der Waals surface area contributed by atoms with E-state index in [4.69, 9.17) is 11.6 Å². The van der Waals surface area contributed by atoms with Crippen LogP contribution in [0.4, 0.5) is 8.78 Å². The van der Waals surface area contributed by atoms with Gasteiger partial charge in [0.15, 0.2) is 0 Å². The first-order valence-electron chi connectivity index (χ1n) is 5.96. The minimum atomic E-state index is -2.89. The van der Waals surface area contributed by atoms with E-state index in [1.165, 1.54) is 12.1 Å². The van der Waals surface area contributed by atoms with Gasteiger partial charge in [0.05, 0.1) is 0 Å². The second-order valence-corrected chi connectivity index (χ2v) is 4.77. The predicted molar refractivity (Wildman–Crippen MR) is 73.3 cm³/mol. The van der Waals surface area contributed by atoms with Crippen LogP contribution >= 0.6 is 11.6 Å². The molecule has 1 unspecified atom stereocenters. The lowest BCUT2D eigenvalue weighted by molar-refractivity contribution is -0.0499. The third-order valence-corrected chi connectivity index (χ3v) is 3.32. The maximum atomic E-state index is 12.2. The molecule has 20 heavy (non-hydrogen) atoms. The van der Waals surface area contributed by atoms with Crippen LogP contribution in [0.5, 0.6) is 5.75 Å². The van der Waals surface area contributed by atoms with Crippen molar-refractivity contribution in [2.75, 3.05) is 0 Å².